The second kappa shape index (κ2) is 8.19. The molecule has 0 bridgehead atoms. The predicted octanol–water partition coefficient (Wildman–Crippen LogP) is 2.56. The number of carbonyl (C=O) groups excluding carboxylic acids is 1. The lowest BCUT2D eigenvalue weighted by Gasteiger charge is -2.08. The molecule has 2 N–H and O–H groups in total. The lowest BCUT2D eigenvalue weighted by atomic mass is 10.3. The van der Waals surface area contributed by atoms with Crippen LogP contribution in [0.2, 0.25) is 10.0 Å². The first-order valence-electron chi connectivity index (χ1n) is 5.58. The molecule has 0 radical (unpaired) electrons. The van der Waals surface area contributed by atoms with Crippen LogP contribution in [0.3, 0.4) is 0 Å². The maximum absolute atomic E-state index is 11.4. The number of benzene rings is 1. The van der Waals surface area contributed by atoms with Crippen LogP contribution in [0.5, 0.6) is 0 Å². The molecule has 100 valence electrons. The molecule has 0 spiro atoms. The fourth-order valence-corrected chi connectivity index (χ4v) is 1.61. The van der Waals surface area contributed by atoms with Gasteiger partial charge < -0.3 is 15.4 Å². The molecule has 0 heterocycles. The molecule has 1 aromatic carbocycles. The molecule has 6 heteroatoms. The molecule has 0 saturated heterocycles. The number of carbonyl (C=O) groups is 1. The minimum atomic E-state index is -0.0142. The molecule has 1 amide bonds. The zero-order valence-corrected chi connectivity index (χ0v) is 11.6. The Morgan fingerprint density at radius 1 is 1.28 bits per heavy atom. The third-order valence-electron chi connectivity index (χ3n) is 2.23. The van der Waals surface area contributed by atoms with Crippen molar-refractivity contribution in [1.82, 2.24) is 5.32 Å². The van der Waals surface area contributed by atoms with Gasteiger partial charge in [0, 0.05) is 32.3 Å². The van der Waals surface area contributed by atoms with Gasteiger partial charge in [-0.05, 0) is 18.2 Å². The summed E-state index contributed by atoms with van der Waals surface area (Å²) in [7, 11) is 1.60. The van der Waals surface area contributed by atoms with Gasteiger partial charge in [-0.15, -0.1) is 0 Å². The molecule has 0 atom stereocenters. The van der Waals surface area contributed by atoms with Gasteiger partial charge in [0.2, 0.25) is 5.91 Å². The Labute approximate surface area is 117 Å². The van der Waals surface area contributed by atoms with Gasteiger partial charge in [-0.1, -0.05) is 23.2 Å². The quantitative estimate of drug-likeness (QED) is 0.759. The minimum absolute atomic E-state index is 0.0142. The molecule has 0 aromatic heterocycles. The summed E-state index contributed by atoms with van der Waals surface area (Å²) in [5, 5.41) is 6.84. The van der Waals surface area contributed by atoms with Crippen molar-refractivity contribution in [1.29, 1.82) is 0 Å². The van der Waals surface area contributed by atoms with Crippen LogP contribution in [0.4, 0.5) is 5.69 Å². The maximum atomic E-state index is 11.4. The third kappa shape index (κ3) is 5.58. The fraction of sp³-hybridized carbons (Fsp3) is 0.417. The Bertz CT molecular complexity index is 400. The van der Waals surface area contributed by atoms with Crippen LogP contribution in [-0.4, -0.2) is 32.7 Å². The standard InChI is InChI=1S/C12H16Cl2N2O2/c1-18-7-6-16-12(17)4-5-15-9-2-3-10(13)11(14)8-9/h2-3,8,15H,4-7H2,1H3,(H,16,17). The molecular formula is C12H16Cl2N2O2. The molecule has 1 rings (SSSR count). The van der Waals surface area contributed by atoms with Crippen LogP contribution < -0.4 is 10.6 Å². The van der Waals surface area contributed by atoms with Gasteiger partial charge >= 0.3 is 0 Å². The molecule has 0 aliphatic carbocycles. The molecular weight excluding hydrogens is 275 g/mol. The van der Waals surface area contributed by atoms with E-state index in [-0.39, 0.29) is 5.91 Å². The number of hydrogen-bond acceptors (Lipinski definition) is 3. The number of hydrogen-bond donors (Lipinski definition) is 2. The van der Waals surface area contributed by atoms with E-state index < -0.39 is 0 Å². The second-order valence-corrected chi connectivity index (χ2v) is 4.46. The number of halogens is 2. The van der Waals surface area contributed by atoms with Gasteiger partial charge in [-0.2, -0.15) is 0 Å². The van der Waals surface area contributed by atoms with E-state index in [1.54, 1.807) is 19.2 Å². The zero-order valence-electron chi connectivity index (χ0n) is 10.1. The smallest absolute Gasteiger partial charge is 0.221 e. The van der Waals surface area contributed by atoms with E-state index in [0.717, 1.165) is 5.69 Å². The molecule has 4 nitrogen and oxygen atoms in total. The molecule has 0 unspecified atom stereocenters. The highest BCUT2D eigenvalue weighted by molar-refractivity contribution is 6.42. The average Bonchev–Trinajstić information content (AvgIpc) is 2.34. The van der Waals surface area contributed by atoms with Crippen LogP contribution >= 0.6 is 23.2 Å². The Kier molecular flexibility index (Phi) is 6.86. The SMILES string of the molecule is COCCNC(=O)CCNc1ccc(Cl)c(Cl)c1. The first-order valence-corrected chi connectivity index (χ1v) is 6.33. The first kappa shape index (κ1) is 15.1. The maximum Gasteiger partial charge on any atom is 0.221 e. The molecule has 0 fully saturated rings. The highest BCUT2D eigenvalue weighted by atomic mass is 35.5. The molecule has 0 saturated carbocycles. The highest BCUT2D eigenvalue weighted by Gasteiger charge is 2.02. The number of amides is 1. The van der Waals surface area contributed by atoms with Gasteiger partial charge in [-0.25, -0.2) is 0 Å². The lowest BCUT2D eigenvalue weighted by molar-refractivity contribution is -0.121. The van der Waals surface area contributed by atoms with Crippen molar-refractivity contribution in [3.8, 4) is 0 Å². The van der Waals surface area contributed by atoms with Gasteiger partial charge in [-0.3, -0.25) is 4.79 Å². The summed E-state index contributed by atoms with van der Waals surface area (Å²) in [5.74, 6) is -0.0142. The third-order valence-corrected chi connectivity index (χ3v) is 2.97. The molecule has 1 aromatic rings. The van der Waals surface area contributed by atoms with Gasteiger partial charge in [0.1, 0.15) is 0 Å². The number of methoxy groups -OCH3 is 1. The molecule has 18 heavy (non-hydrogen) atoms. The van der Waals surface area contributed by atoms with E-state index in [9.17, 15) is 4.79 Å². The van der Waals surface area contributed by atoms with Crippen molar-refractivity contribution in [2.24, 2.45) is 0 Å². The summed E-state index contributed by atoms with van der Waals surface area (Å²) in [5.41, 5.74) is 0.842. The van der Waals surface area contributed by atoms with Crippen LogP contribution in [0, 0.1) is 0 Å². The zero-order chi connectivity index (χ0) is 13.4. The van der Waals surface area contributed by atoms with E-state index in [2.05, 4.69) is 10.6 Å². The monoisotopic (exact) mass is 290 g/mol. The minimum Gasteiger partial charge on any atom is -0.384 e. The van der Waals surface area contributed by atoms with Crippen molar-refractivity contribution in [2.45, 2.75) is 6.42 Å². The Hall–Kier alpha value is -0.970. The summed E-state index contributed by atoms with van der Waals surface area (Å²) in [6, 6.07) is 5.26. The summed E-state index contributed by atoms with van der Waals surface area (Å²) in [6.45, 7) is 1.59. The summed E-state index contributed by atoms with van der Waals surface area (Å²) < 4.78 is 4.83. The number of anilines is 1. The van der Waals surface area contributed by atoms with E-state index >= 15 is 0 Å². The summed E-state index contributed by atoms with van der Waals surface area (Å²) in [4.78, 5) is 11.4. The highest BCUT2D eigenvalue weighted by Crippen LogP contribution is 2.24. The topological polar surface area (TPSA) is 50.4 Å². The van der Waals surface area contributed by atoms with Crippen molar-refractivity contribution in [3.05, 3.63) is 28.2 Å². The summed E-state index contributed by atoms with van der Waals surface area (Å²) in [6.07, 6.45) is 0.393. The predicted molar refractivity (Wildman–Crippen MR) is 74.5 cm³/mol. The van der Waals surface area contributed by atoms with Gasteiger partial charge in [0.25, 0.3) is 0 Å². The van der Waals surface area contributed by atoms with Crippen LogP contribution in [0.15, 0.2) is 18.2 Å². The van der Waals surface area contributed by atoms with E-state index in [0.29, 0.717) is 36.2 Å². The summed E-state index contributed by atoms with van der Waals surface area (Å²) >= 11 is 11.7. The molecule has 0 aliphatic rings. The van der Waals surface area contributed by atoms with E-state index in [1.807, 2.05) is 6.07 Å². The lowest BCUT2D eigenvalue weighted by Crippen LogP contribution is -2.28. The Balaban J connectivity index is 2.24. The van der Waals surface area contributed by atoms with E-state index in [4.69, 9.17) is 27.9 Å². The van der Waals surface area contributed by atoms with Crippen LogP contribution in [-0.2, 0) is 9.53 Å². The van der Waals surface area contributed by atoms with E-state index in [1.165, 1.54) is 0 Å². The first-order chi connectivity index (χ1) is 8.63. The van der Waals surface area contributed by atoms with Gasteiger partial charge in [0.15, 0.2) is 0 Å². The Morgan fingerprint density at radius 2 is 2.06 bits per heavy atom. The largest absolute Gasteiger partial charge is 0.384 e. The second-order valence-electron chi connectivity index (χ2n) is 3.65. The van der Waals surface area contributed by atoms with Crippen LogP contribution in [0.25, 0.3) is 0 Å². The normalized spacial score (nSPS) is 10.2. The number of ether oxygens (including phenoxy) is 1. The number of rotatable bonds is 7. The van der Waals surface area contributed by atoms with Crippen molar-refractivity contribution in [2.75, 3.05) is 32.1 Å². The Morgan fingerprint density at radius 3 is 2.72 bits per heavy atom. The fourth-order valence-electron chi connectivity index (χ4n) is 1.31. The van der Waals surface area contributed by atoms with Crippen LogP contribution in [0.1, 0.15) is 6.42 Å². The molecule has 0 aliphatic heterocycles. The number of nitrogens with one attached hydrogen (secondary N) is 2. The van der Waals surface area contributed by atoms with Crippen molar-refractivity contribution in [3.63, 3.8) is 0 Å². The van der Waals surface area contributed by atoms with Crippen molar-refractivity contribution < 1.29 is 9.53 Å². The van der Waals surface area contributed by atoms with Gasteiger partial charge in [0.05, 0.1) is 16.7 Å². The average molecular weight is 291 g/mol. The van der Waals surface area contributed by atoms with Crippen molar-refractivity contribution >= 4 is 34.8 Å².